The lowest BCUT2D eigenvalue weighted by molar-refractivity contribution is -0.116. The smallest absolute Gasteiger partial charge is 0.234 e. The first kappa shape index (κ1) is 19.0. The summed E-state index contributed by atoms with van der Waals surface area (Å²) in [5, 5.41) is 8.46. The number of hydrogen-bond acceptors (Lipinski definition) is 4. The molecule has 0 unspecified atom stereocenters. The fourth-order valence-corrected chi connectivity index (χ4v) is 3.43. The maximum absolute atomic E-state index is 12.1. The van der Waals surface area contributed by atoms with E-state index in [4.69, 9.17) is 0 Å². The van der Waals surface area contributed by atoms with Crippen molar-refractivity contribution in [2.45, 2.75) is 19.8 Å². The summed E-state index contributed by atoms with van der Waals surface area (Å²) >= 11 is 1.26. The van der Waals surface area contributed by atoms with Gasteiger partial charge in [0.1, 0.15) is 0 Å². The van der Waals surface area contributed by atoms with E-state index in [1.165, 1.54) is 11.8 Å². The molecule has 1 heterocycles. The van der Waals surface area contributed by atoms with E-state index in [0.29, 0.717) is 18.5 Å². The van der Waals surface area contributed by atoms with Crippen molar-refractivity contribution in [2.75, 3.05) is 27.5 Å². The fourth-order valence-electron chi connectivity index (χ4n) is 2.81. The van der Waals surface area contributed by atoms with Gasteiger partial charge in [0, 0.05) is 23.5 Å². The van der Waals surface area contributed by atoms with Gasteiger partial charge in [-0.2, -0.15) is 0 Å². The van der Waals surface area contributed by atoms with Gasteiger partial charge in [0.15, 0.2) is 0 Å². The van der Waals surface area contributed by atoms with Crippen molar-refractivity contribution in [3.05, 3.63) is 53.6 Å². The molecule has 0 spiro atoms. The van der Waals surface area contributed by atoms with Gasteiger partial charge in [0.25, 0.3) is 0 Å². The Morgan fingerprint density at radius 2 is 1.70 bits per heavy atom. The van der Waals surface area contributed by atoms with E-state index >= 15 is 0 Å². The van der Waals surface area contributed by atoms with E-state index in [1.54, 1.807) is 12.1 Å². The summed E-state index contributed by atoms with van der Waals surface area (Å²) in [6, 6.07) is 13.0. The number of fused-ring (bicyclic) bond motifs is 1. The Kier molecular flexibility index (Phi) is 6.13. The third-order valence-electron chi connectivity index (χ3n) is 4.05. The van der Waals surface area contributed by atoms with E-state index in [0.717, 1.165) is 22.5 Å². The lowest BCUT2D eigenvalue weighted by atomic mass is 10.0. The number of hydrogen-bond donors (Lipinski definition) is 3. The van der Waals surface area contributed by atoms with Crippen LogP contribution in [0.15, 0.2) is 42.5 Å². The molecule has 0 saturated heterocycles. The van der Waals surface area contributed by atoms with Crippen molar-refractivity contribution in [3.8, 4) is 0 Å². The molecule has 140 valence electrons. The van der Waals surface area contributed by atoms with Crippen LogP contribution in [0, 0.1) is 6.92 Å². The molecule has 0 radical (unpaired) electrons. The topological polar surface area (TPSA) is 87.3 Å². The van der Waals surface area contributed by atoms with Gasteiger partial charge in [-0.05, 0) is 54.8 Å². The predicted octanol–water partition coefficient (Wildman–Crippen LogP) is 3.19. The van der Waals surface area contributed by atoms with Gasteiger partial charge in [-0.25, -0.2) is 0 Å². The highest BCUT2D eigenvalue weighted by atomic mass is 32.2. The van der Waals surface area contributed by atoms with Gasteiger partial charge in [0.05, 0.1) is 11.5 Å². The molecule has 0 bridgehead atoms. The first-order chi connectivity index (χ1) is 13.0. The third kappa shape index (κ3) is 5.59. The molecule has 0 aromatic heterocycles. The van der Waals surface area contributed by atoms with Crippen LogP contribution in [0.1, 0.15) is 17.5 Å². The molecule has 0 saturated carbocycles. The molecule has 7 heteroatoms. The summed E-state index contributed by atoms with van der Waals surface area (Å²) in [5.41, 5.74) is 4.33. The van der Waals surface area contributed by atoms with Crippen molar-refractivity contribution >= 4 is 46.5 Å². The Morgan fingerprint density at radius 3 is 2.41 bits per heavy atom. The zero-order valence-electron chi connectivity index (χ0n) is 15.0. The first-order valence-electron chi connectivity index (χ1n) is 8.66. The molecule has 1 aliphatic heterocycles. The molecule has 27 heavy (non-hydrogen) atoms. The number of carbonyl (C=O) groups excluding carboxylic acids is 3. The second-order valence-corrected chi connectivity index (χ2v) is 7.36. The molecule has 3 amide bonds. The Hall–Kier alpha value is -2.80. The van der Waals surface area contributed by atoms with Crippen LogP contribution in [0.25, 0.3) is 0 Å². The van der Waals surface area contributed by atoms with Crippen molar-refractivity contribution in [2.24, 2.45) is 0 Å². The van der Waals surface area contributed by atoms with Crippen LogP contribution in [0.4, 0.5) is 17.1 Å². The number of aryl methyl sites for hydroxylation is 2. The lowest BCUT2D eigenvalue weighted by Gasteiger charge is -2.17. The summed E-state index contributed by atoms with van der Waals surface area (Å²) in [5.74, 6) is 0.109. The van der Waals surface area contributed by atoms with Gasteiger partial charge in [0.2, 0.25) is 17.7 Å². The number of thioether (sulfide) groups is 1. The number of rotatable bonds is 6. The van der Waals surface area contributed by atoms with Crippen LogP contribution < -0.4 is 16.0 Å². The molecule has 0 aliphatic carbocycles. The number of carbonyl (C=O) groups is 3. The summed E-state index contributed by atoms with van der Waals surface area (Å²) in [6.45, 7) is 1.96. The first-order valence-corrected chi connectivity index (χ1v) is 9.82. The van der Waals surface area contributed by atoms with Crippen LogP contribution in [-0.4, -0.2) is 29.2 Å². The van der Waals surface area contributed by atoms with Crippen LogP contribution in [0.2, 0.25) is 0 Å². The quantitative estimate of drug-likeness (QED) is 0.715. The van der Waals surface area contributed by atoms with Crippen molar-refractivity contribution < 1.29 is 14.4 Å². The summed E-state index contributed by atoms with van der Waals surface area (Å²) in [6.07, 6.45) is 1.12. The Morgan fingerprint density at radius 1 is 1.00 bits per heavy atom. The van der Waals surface area contributed by atoms with Gasteiger partial charge < -0.3 is 16.0 Å². The largest absolute Gasteiger partial charge is 0.326 e. The Labute approximate surface area is 162 Å². The van der Waals surface area contributed by atoms with Crippen LogP contribution >= 0.6 is 11.8 Å². The summed E-state index contributed by atoms with van der Waals surface area (Å²) in [4.78, 5) is 35.4. The zero-order chi connectivity index (χ0) is 19.2. The second-order valence-electron chi connectivity index (χ2n) is 6.38. The van der Waals surface area contributed by atoms with Crippen molar-refractivity contribution in [3.63, 3.8) is 0 Å². The molecule has 3 rings (SSSR count). The highest BCUT2D eigenvalue weighted by molar-refractivity contribution is 8.00. The summed E-state index contributed by atoms with van der Waals surface area (Å²) < 4.78 is 0. The molecule has 3 N–H and O–H groups in total. The van der Waals surface area contributed by atoms with Gasteiger partial charge in [-0.1, -0.05) is 12.1 Å². The average Bonchev–Trinajstić information content (AvgIpc) is 2.62. The number of benzene rings is 2. The minimum atomic E-state index is -0.164. The monoisotopic (exact) mass is 383 g/mol. The zero-order valence-corrected chi connectivity index (χ0v) is 15.8. The SMILES string of the molecule is Cc1cccc(NC(=O)CSCC(=O)Nc2ccc3c(c2)CCC(=O)N3)c1. The molecule has 2 aromatic rings. The van der Waals surface area contributed by atoms with Crippen LogP contribution in [-0.2, 0) is 20.8 Å². The highest BCUT2D eigenvalue weighted by Crippen LogP contribution is 2.25. The number of nitrogens with one attached hydrogen (secondary N) is 3. The second kappa shape index (κ2) is 8.73. The molecule has 1 aliphatic rings. The average molecular weight is 383 g/mol. The Balaban J connectivity index is 1.43. The van der Waals surface area contributed by atoms with E-state index in [-0.39, 0.29) is 29.2 Å². The number of anilines is 3. The normalized spacial score (nSPS) is 12.7. The van der Waals surface area contributed by atoms with Gasteiger partial charge in [-0.15, -0.1) is 11.8 Å². The highest BCUT2D eigenvalue weighted by Gasteiger charge is 2.15. The number of amides is 3. The minimum absolute atomic E-state index is 0.0135. The Bertz CT molecular complexity index is 883. The van der Waals surface area contributed by atoms with E-state index < -0.39 is 0 Å². The van der Waals surface area contributed by atoms with Gasteiger partial charge >= 0.3 is 0 Å². The van der Waals surface area contributed by atoms with Gasteiger partial charge in [-0.3, -0.25) is 14.4 Å². The standard InChI is InChI=1S/C20H21N3O3S/c1-13-3-2-4-15(9-13)21-19(25)11-27-12-20(26)22-16-6-7-17-14(10-16)5-8-18(24)23-17/h2-4,6-7,9-10H,5,8,11-12H2,1H3,(H,21,25)(H,22,26)(H,23,24). The third-order valence-corrected chi connectivity index (χ3v) is 4.99. The maximum Gasteiger partial charge on any atom is 0.234 e. The van der Waals surface area contributed by atoms with E-state index in [9.17, 15) is 14.4 Å². The minimum Gasteiger partial charge on any atom is -0.326 e. The fraction of sp³-hybridized carbons (Fsp3) is 0.250. The molecular weight excluding hydrogens is 362 g/mol. The predicted molar refractivity (Wildman–Crippen MR) is 109 cm³/mol. The van der Waals surface area contributed by atoms with Crippen molar-refractivity contribution in [1.29, 1.82) is 0 Å². The van der Waals surface area contributed by atoms with Crippen LogP contribution in [0.3, 0.4) is 0 Å². The van der Waals surface area contributed by atoms with E-state index in [1.807, 2.05) is 37.3 Å². The molecule has 0 atom stereocenters. The molecule has 0 fully saturated rings. The molecule has 2 aromatic carbocycles. The van der Waals surface area contributed by atoms with Crippen molar-refractivity contribution in [1.82, 2.24) is 0 Å². The summed E-state index contributed by atoms with van der Waals surface area (Å²) in [7, 11) is 0. The van der Waals surface area contributed by atoms with E-state index in [2.05, 4.69) is 16.0 Å². The van der Waals surface area contributed by atoms with Crippen LogP contribution in [0.5, 0.6) is 0 Å². The lowest BCUT2D eigenvalue weighted by Crippen LogP contribution is -2.20. The maximum atomic E-state index is 12.1. The molecular formula is C20H21N3O3S. The molecule has 6 nitrogen and oxygen atoms in total.